The van der Waals surface area contributed by atoms with Crippen LogP contribution in [0.25, 0.3) is 0 Å². The fourth-order valence-corrected chi connectivity index (χ4v) is 3.51. The zero-order valence-corrected chi connectivity index (χ0v) is 11.6. The molecule has 2 aliphatic heterocycles. The Hall–Kier alpha value is -1.62. The molecule has 108 valence electrons. The Morgan fingerprint density at radius 2 is 2.15 bits per heavy atom. The van der Waals surface area contributed by atoms with Gasteiger partial charge >= 0.3 is 0 Å². The Kier molecular flexibility index (Phi) is 3.61. The van der Waals surface area contributed by atoms with E-state index in [1.165, 1.54) is 0 Å². The number of fused-ring (bicyclic) bond motifs is 4. The highest BCUT2D eigenvalue weighted by Crippen LogP contribution is 2.35. The standard InChI is InChI=1S/C15H21N3O2/c16-6-2-5-14(19)17-8-11-7-12(10-17)13-3-1-4-15(20)18(13)9-11/h1,3-4,11-12H,2,5-10,16H2/t11-,12-/m1/s1. The molecule has 5 nitrogen and oxygen atoms in total. The summed E-state index contributed by atoms with van der Waals surface area (Å²) in [4.78, 5) is 26.1. The topological polar surface area (TPSA) is 68.3 Å². The van der Waals surface area contributed by atoms with Crippen molar-refractivity contribution in [1.29, 1.82) is 0 Å². The van der Waals surface area contributed by atoms with Crippen LogP contribution in [0.2, 0.25) is 0 Å². The molecule has 0 unspecified atom stereocenters. The molecule has 2 bridgehead atoms. The summed E-state index contributed by atoms with van der Waals surface area (Å²) in [5, 5.41) is 0. The molecule has 3 rings (SSSR count). The molecule has 0 aromatic carbocycles. The van der Waals surface area contributed by atoms with E-state index in [0.29, 0.717) is 24.8 Å². The Morgan fingerprint density at radius 1 is 1.30 bits per heavy atom. The van der Waals surface area contributed by atoms with Gasteiger partial charge in [-0.15, -0.1) is 0 Å². The normalized spacial score (nSPS) is 24.4. The molecule has 3 heterocycles. The van der Waals surface area contributed by atoms with Gasteiger partial charge in [-0.05, 0) is 31.4 Å². The van der Waals surface area contributed by atoms with Crippen LogP contribution >= 0.6 is 0 Å². The molecule has 2 N–H and O–H groups in total. The predicted molar refractivity (Wildman–Crippen MR) is 76.4 cm³/mol. The number of nitrogens with two attached hydrogens (primary N) is 1. The number of hydrogen-bond acceptors (Lipinski definition) is 3. The summed E-state index contributed by atoms with van der Waals surface area (Å²) >= 11 is 0. The summed E-state index contributed by atoms with van der Waals surface area (Å²) in [5.74, 6) is 0.915. The van der Waals surface area contributed by atoms with Crippen molar-refractivity contribution in [3.63, 3.8) is 0 Å². The molecule has 1 aromatic rings. The van der Waals surface area contributed by atoms with Gasteiger partial charge in [0.05, 0.1) is 0 Å². The number of carbonyl (C=O) groups excluding carboxylic acids is 1. The average Bonchev–Trinajstić information content (AvgIpc) is 2.46. The highest BCUT2D eigenvalue weighted by molar-refractivity contribution is 5.76. The van der Waals surface area contributed by atoms with Crippen LogP contribution in [0.1, 0.15) is 30.9 Å². The van der Waals surface area contributed by atoms with E-state index in [2.05, 4.69) is 0 Å². The molecule has 1 fully saturated rings. The van der Waals surface area contributed by atoms with Gasteiger partial charge in [0.25, 0.3) is 5.56 Å². The fraction of sp³-hybridized carbons (Fsp3) is 0.600. The number of pyridine rings is 1. The second kappa shape index (κ2) is 5.40. The van der Waals surface area contributed by atoms with Gasteiger partial charge < -0.3 is 15.2 Å². The molecule has 5 heteroatoms. The van der Waals surface area contributed by atoms with Crippen molar-refractivity contribution in [2.45, 2.75) is 31.7 Å². The van der Waals surface area contributed by atoms with E-state index in [1.54, 1.807) is 6.07 Å². The zero-order valence-electron chi connectivity index (χ0n) is 11.6. The monoisotopic (exact) mass is 275 g/mol. The largest absolute Gasteiger partial charge is 0.342 e. The maximum atomic E-state index is 12.2. The van der Waals surface area contributed by atoms with Gasteiger partial charge in [0, 0.05) is 43.7 Å². The molecular formula is C15H21N3O2. The second-order valence-electron chi connectivity index (χ2n) is 5.89. The van der Waals surface area contributed by atoms with E-state index in [1.807, 2.05) is 21.6 Å². The molecule has 2 atom stereocenters. The molecule has 1 saturated heterocycles. The van der Waals surface area contributed by atoms with Crippen molar-refractivity contribution in [2.75, 3.05) is 19.6 Å². The first-order valence-electron chi connectivity index (χ1n) is 7.36. The molecule has 0 saturated carbocycles. The molecule has 20 heavy (non-hydrogen) atoms. The first-order chi connectivity index (χ1) is 9.69. The van der Waals surface area contributed by atoms with E-state index in [0.717, 1.165) is 38.2 Å². The number of carbonyl (C=O) groups is 1. The smallest absolute Gasteiger partial charge is 0.250 e. The van der Waals surface area contributed by atoms with Crippen LogP contribution in [0.5, 0.6) is 0 Å². The van der Waals surface area contributed by atoms with Gasteiger partial charge in [-0.3, -0.25) is 9.59 Å². The summed E-state index contributed by atoms with van der Waals surface area (Å²) in [6.45, 7) is 2.82. The van der Waals surface area contributed by atoms with E-state index in [-0.39, 0.29) is 11.5 Å². The van der Waals surface area contributed by atoms with Crippen LogP contribution in [0.15, 0.2) is 23.0 Å². The number of rotatable bonds is 3. The van der Waals surface area contributed by atoms with E-state index < -0.39 is 0 Å². The van der Waals surface area contributed by atoms with Gasteiger partial charge in [-0.2, -0.15) is 0 Å². The number of amides is 1. The average molecular weight is 275 g/mol. The number of nitrogens with zero attached hydrogens (tertiary/aromatic N) is 2. The lowest BCUT2D eigenvalue weighted by Gasteiger charge is -2.42. The Morgan fingerprint density at radius 3 is 2.95 bits per heavy atom. The quantitative estimate of drug-likeness (QED) is 0.875. The third-order valence-corrected chi connectivity index (χ3v) is 4.43. The molecule has 0 aliphatic carbocycles. The lowest BCUT2D eigenvalue weighted by molar-refractivity contribution is -0.134. The third-order valence-electron chi connectivity index (χ3n) is 4.43. The Labute approximate surface area is 118 Å². The summed E-state index contributed by atoms with van der Waals surface area (Å²) in [5.41, 5.74) is 6.64. The van der Waals surface area contributed by atoms with E-state index in [9.17, 15) is 9.59 Å². The first kappa shape index (κ1) is 13.4. The highest BCUT2D eigenvalue weighted by Gasteiger charge is 2.35. The molecule has 0 radical (unpaired) electrons. The minimum absolute atomic E-state index is 0.0834. The first-order valence-corrected chi connectivity index (χ1v) is 7.36. The van der Waals surface area contributed by atoms with Crippen LogP contribution < -0.4 is 11.3 Å². The number of likely N-dealkylation sites (tertiary alicyclic amines) is 1. The van der Waals surface area contributed by atoms with Gasteiger partial charge in [0.2, 0.25) is 5.91 Å². The summed E-state index contributed by atoms with van der Waals surface area (Å²) in [6, 6.07) is 5.47. The molecule has 1 amide bonds. The maximum absolute atomic E-state index is 12.2. The fourth-order valence-electron chi connectivity index (χ4n) is 3.51. The maximum Gasteiger partial charge on any atom is 0.250 e. The van der Waals surface area contributed by atoms with Crippen LogP contribution in [0, 0.1) is 5.92 Å². The molecule has 1 aromatic heterocycles. The lowest BCUT2D eigenvalue weighted by atomic mass is 9.83. The highest BCUT2D eigenvalue weighted by atomic mass is 16.2. The SMILES string of the molecule is NCCCC(=O)N1C[C@H]2C[C@H](C1)c1cccc(=O)n1C2. The lowest BCUT2D eigenvalue weighted by Crippen LogP contribution is -2.49. The third kappa shape index (κ3) is 2.38. The molecule has 0 spiro atoms. The Bertz CT molecular complexity index is 566. The van der Waals surface area contributed by atoms with Crippen molar-refractivity contribution in [3.8, 4) is 0 Å². The van der Waals surface area contributed by atoms with Crippen molar-refractivity contribution < 1.29 is 4.79 Å². The van der Waals surface area contributed by atoms with E-state index in [4.69, 9.17) is 5.73 Å². The minimum Gasteiger partial charge on any atom is -0.342 e. The van der Waals surface area contributed by atoms with Crippen LogP contribution in [0.4, 0.5) is 0 Å². The summed E-state index contributed by atoms with van der Waals surface area (Å²) in [6.07, 6.45) is 2.38. The second-order valence-corrected chi connectivity index (χ2v) is 5.89. The van der Waals surface area contributed by atoms with Crippen molar-refractivity contribution in [2.24, 2.45) is 11.7 Å². The van der Waals surface area contributed by atoms with Gasteiger partial charge in [-0.25, -0.2) is 0 Å². The van der Waals surface area contributed by atoms with Gasteiger partial charge in [0.1, 0.15) is 0 Å². The molecule has 2 aliphatic rings. The zero-order chi connectivity index (χ0) is 14.1. The van der Waals surface area contributed by atoms with Crippen LogP contribution in [-0.2, 0) is 11.3 Å². The number of aromatic nitrogens is 1. The summed E-state index contributed by atoms with van der Waals surface area (Å²) in [7, 11) is 0. The van der Waals surface area contributed by atoms with E-state index >= 15 is 0 Å². The van der Waals surface area contributed by atoms with Crippen LogP contribution in [0.3, 0.4) is 0 Å². The number of hydrogen-bond donors (Lipinski definition) is 1. The van der Waals surface area contributed by atoms with Crippen molar-refractivity contribution in [1.82, 2.24) is 9.47 Å². The van der Waals surface area contributed by atoms with Crippen LogP contribution in [-0.4, -0.2) is 35.0 Å². The Balaban J connectivity index is 1.80. The predicted octanol–water partition coefficient (Wildman–Crippen LogP) is 0.533. The minimum atomic E-state index is 0.0834. The van der Waals surface area contributed by atoms with Crippen molar-refractivity contribution >= 4 is 5.91 Å². The summed E-state index contributed by atoms with van der Waals surface area (Å²) < 4.78 is 1.89. The van der Waals surface area contributed by atoms with Gasteiger partial charge in [0.15, 0.2) is 0 Å². The number of piperidine rings is 1. The molecular weight excluding hydrogens is 254 g/mol. The van der Waals surface area contributed by atoms with Gasteiger partial charge in [-0.1, -0.05) is 6.07 Å². The van der Waals surface area contributed by atoms with Crippen molar-refractivity contribution in [3.05, 3.63) is 34.2 Å².